The van der Waals surface area contributed by atoms with Crippen molar-refractivity contribution in [2.45, 2.75) is 6.42 Å². The zero-order chi connectivity index (χ0) is 11.4. The van der Waals surface area contributed by atoms with E-state index in [1.54, 1.807) is 0 Å². The van der Waals surface area contributed by atoms with Crippen molar-refractivity contribution in [1.82, 2.24) is 4.90 Å². The van der Waals surface area contributed by atoms with Crippen LogP contribution in [-0.4, -0.2) is 38.1 Å². The Morgan fingerprint density at radius 2 is 1.81 bits per heavy atom. The summed E-state index contributed by atoms with van der Waals surface area (Å²) in [5.74, 6) is 0. The Bertz CT molecular complexity index is 377. The summed E-state index contributed by atoms with van der Waals surface area (Å²) in [4.78, 5) is 4.76. The Morgan fingerprint density at radius 1 is 1.06 bits per heavy atom. The number of nitrogens with zero attached hydrogens (tertiary/aromatic N) is 3. The Hall–Kier alpha value is -1.53. The number of rotatable bonds is 1. The summed E-state index contributed by atoms with van der Waals surface area (Å²) in [6.07, 6.45) is 1.20. The van der Waals surface area contributed by atoms with E-state index in [1.165, 1.54) is 18.7 Å². The molecule has 84 valence electrons. The molecule has 1 saturated heterocycles. The van der Waals surface area contributed by atoms with E-state index >= 15 is 0 Å². The maximum Gasteiger partial charge on any atom is 0.0991 e. The van der Waals surface area contributed by atoms with Crippen LogP contribution in [0.25, 0.3) is 0 Å². The van der Waals surface area contributed by atoms with Gasteiger partial charge < -0.3 is 9.80 Å². The first kappa shape index (κ1) is 11.0. The van der Waals surface area contributed by atoms with Gasteiger partial charge in [0.15, 0.2) is 0 Å². The van der Waals surface area contributed by atoms with Crippen molar-refractivity contribution < 1.29 is 0 Å². The van der Waals surface area contributed by atoms with E-state index in [0.717, 1.165) is 25.2 Å². The van der Waals surface area contributed by atoms with Crippen molar-refractivity contribution >= 4 is 5.69 Å². The van der Waals surface area contributed by atoms with E-state index in [4.69, 9.17) is 5.26 Å². The molecule has 1 heterocycles. The number of likely N-dealkylation sites (N-methyl/N-ethyl adjacent to an activating group) is 1. The van der Waals surface area contributed by atoms with Gasteiger partial charge in [0.1, 0.15) is 0 Å². The van der Waals surface area contributed by atoms with Gasteiger partial charge in [0, 0.05) is 25.3 Å². The van der Waals surface area contributed by atoms with Crippen molar-refractivity contribution in [3.8, 4) is 6.07 Å². The quantitative estimate of drug-likeness (QED) is 0.714. The molecule has 3 heteroatoms. The van der Waals surface area contributed by atoms with Gasteiger partial charge >= 0.3 is 0 Å². The second-order valence-electron chi connectivity index (χ2n) is 4.30. The average Bonchev–Trinajstić information content (AvgIpc) is 2.54. The monoisotopic (exact) mass is 215 g/mol. The van der Waals surface area contributed by atoms with Gasteiger partial charge in [-0.25, -0.2) is 0 Å². The topological polar surface area (TPSA) is 30.3 Å². The van der Waals surface area contributed by atoms with Gasteiger partial charge in [0.2, 0.25) is 0 Å². The fourth-order valence-corrected chi connectivity index (χ4v) is 2.05. The predicted octanol–water partition coefficient (Wildman–Crippen LogP) is 1.70. The Balaban J connectivity index is 2.08. The highest BCUT2D eigenvalue weighted by atomic mass is 15.2. The van der Waals surface area contributed by atoms with E-state index in [1.807, 2.05) is 24.3 Å². The van der Waals surface area contributed by atoms with Crippen molar-refractivity contribution in [1.29, 1.82) is 5.26 Å². The van der Waals surface area contributed by atoms with E-state index < -0.39 is 0 Å². The normalized spacial score (nSPS) is 17.9. The lowest BCUT2D eigenvalue weighted by molar-refractivity contribution is 0.360. The minimum atomic E-state index is 0.732. The van der Waals surface area contributed by atoms with Gasteiger partial charge in [0.25, 0.3) is 0 Å². The first-order valence-corrected chi connectivity index (χ1v) is 5.73. The molecule has 1 aromatic carbocycles. The van der Waals surface area contributed by atoms with Crippen LogP contribution in [0.1, 0.15) is 12.0 Å². The fourth-order valence-electron chi connectivity index (χ4n) is 2.05. The third kappa shape index (κ3) is 2.53. The maximum absolute atomic E-state index is 8.75. The lowest BCUT2D eigenvalue weighted by Gasteiger charge is -2.22. The SMILES string of the molecule is CN1CCCN(c2ccc(C#N)cc2)CC1. The molecular formula is C13H17N3. The summed E-state index contributed by atoms with van der Waals surface area (Å²) < 4.78 is 0. The highest BCUT2D eigenvalue weighted by molar-refractivity contribution is 5.49. The highest BCUT2D eigenvalue weighted by Crippen LogP contribution is 2.16. The van der Waals surface area contributed by atoms with Crippen LogP contribution in [0.5, 0.6) is 0 Å². The van der Waals surface area contributed by atoms with Gasteiger partial charge in [-0.3, -0.25) is 0 Å². The minimum absolute atomic E-state index is 0.732. The first-order chi connectivity index (χ1) is 7.79. The van der Waals surface area contributed by atoms with E-state index in [-0.39, 0.29) is 0 Å². The molecule has 0 aliphatic carbocycles. The lowest BCUT2D eigenvalue weighted by Crippen LogP contribution is -2.28. The third-order valence-corrected chi connectivity index (χ3v) is 3.08. The first-order valence-electron chi connectivity index (χ1n) is 5.73. The van der Waals surface area contributed by atoms with Crippen LogP contribution >= 0.6 is 0 Å². The Morgan fingerprint density at radius 3 is 2.50 bits per heavy atom. The van der Waals surface area contributed by atoms with Gasteiger partial charge in [-0.1, -0.05) is 0 Å². The molecule has 0 N–H and O–H groups in total. The second-order valence-corrected chi connectivity index (χ2v) is 4.30. The predicted molar refractivity (Wildman–Crippen MR) is 65.5 cm³/mol. The molecule has 2 rings (SSSR count). The van der Waals surface area contributed by atoms with Crippen molar-refractivity contribution in [2.24, 2.45) is 0 Å². The summed E-state index contributed by atoms with van der Waals surface area (Å²) in [6.45, 7) is 4.46. The molecule has 1 aliphatic heterocycles. The average molecular weight is 215 g/mol. The molecule has 0 amide bonds. The molecule has 0 spiro atoms. The van der Waals surface area contributed by atoms with E-state index in [0.29, 0.717) is 0 Å². The van der Waals surface area contributed by atoms with Gasteiger partial charge in [-0.15, -0.1) is 0 Å². The van der Waals surface area contributed by atoms with Gasteiger partial charge in [-0.2, -0.15) is 5.26 Å². The minimum Gasteiger partial charge on any atom is -0.370 e. The zero-order valence-electron chi connectivity index (χ0n) is 9.69. The molecule has 16 heavy (non-hydrogen) atoms. The van der Waals surface area contributed by atoms with Crippen molar-refractivity contribution in [3.05, 3.63) is 29.8 Å². The van der Waals surface area contributed by atoms with Gasteiger partial charge in [0.05, 0.1) is 11.6 Å². The largest absolute Gasteiger partial charge is 0.370 e. The van der Waals surface area contributed by atoms with Crippen LogP contribution in [0.15, 0.2) is 24.3 Å². The summed E-state index contributed by atoms with van der Waals surface area (Å²) in [6, 6.07) is 10.0. The van der Waals surface area contributed by atoms with Crippen LogP contribution in [-0.2, 0) is 0 Å². The molecule has 1 aliphatic rings. The van der Waals surface area contributed by atoms with E-state index in [2.05, 4.69) is 22.9 Å². The highest BCUT2D eigenvalue weighted by Gasteiger charge is 2.12. The summed E-state index contributed by atoms with van der Waals surface area (Å²) in [5, 5.41) is 8.75. The Kier molecular flexibility index (Phi) is 3.43. The molecule has 0 saturated carbocycles. The van der Waals surface area contributed by atoms with E-state index in [9.17, 15) is 0 Å². The fraction of sp³-hybridized carbons (Fsp3) is 0.462. The van der Waals surface area contributed by atoms with Crippen LogP contribution in [0.4, 0.5) is 5.69 Å². The summed E-state index contributed by atoms with van der Waals surface area (Å²) in [7, 11) is 2.17. The number of benzene rings is 1. The molecule has 0 radical (unpaired) electrons. The van der Waals surface area contributed by atoms with Crippen LogP contribution in [0, 0.1) is 11.3 Å². The Labute approximate surface area is 96.9 Å². The van der Waals surface area contributed by atoms with Crippen LogP contribution in [0.2, 0.25) is 0 Å². The number of hydrogen-bond acceptors (Lipinski definition) is 3. The standard InChI is InChI=1S/C13H17N3/c1-15-7-2-8-16(10-9-15)13-5-3-12(11-14)4-6-13/h3-6H,2,7-10H2,1H3. The lowest BCUT2D eigenvalue weighted by atomic mass is 10.2. The maximum atomic E-state index is 8.75. The molecule has 0 aromatic heterocycles. The molecular weight excluding hydrogens is 198 g/mol. The number of hydrogen-bond donors (Lipinski definition) is 0. The third-order valence-electron chi connectivity index (χ3n) is 3.08. The van der Waals surface area contributed by atoms with Crippen LogP contribution in [0.3, 0.4) is 0 Å². The molecule has 1 fully saturated rings. The smallest absolute Gasteiger partial charge is 0.0991 e. The molecule has 1 aromatic rings. The van der Waals surface area contributed by atoms with Gasteiger partial charge in [-0.05, 0) is 44.3 Å². The second kappa shape index (κ2) is 5.00. The summed E-state index contributed by atoms with van der Waals surface area (Å²) in [5.41, 5.74) is 1.96. The number of anilines is 1. The zero-order valence-corrected chi connectivity index (χ0v) is 9.69. The van der Waals surface area contributed by atoms with Crippen molar-refractivity contribution in [3.63, 3.8) is 0 Å². The molecule has 0 bridgehead atoms. The summed E-state index contributed by atoms with van der Waals surface area (Å²) >= 11 is 0. The van der Waals surface area contributed by atoms with Crippen LogP contribution < -0.4 is 4.90 Å². The molecule has 0 unspecified atom stereocenters. The molecule has 3 nitrogen and oxygen atoms in total. The number of nitriles is 1. The molecule has 0 atom stereocenters. The van der Waals surface area contributed by atoms with Crippen molar-refractivity contribution in [2.75, 3.05) is 38.1 Å².